The maximum atomic E-state index is 2.34. The summed E-state index contributed by atoms with van der Waals surface area (Å²) in [6.45, 7) is 6.79. The van der Waals surface area contributed by atoms with Gasteiger partial charge in [-0.25, -0.2) is 0 Å². The van der Waals surface area contributed by atoms with Crippen molar-refractivity contribution >= 4 is 0 Å². The van der Waals surface area contributed by atoms with Crippen molar-refractivity contribution in [2.45, 2.75) is 33.6 Å². The number of hydrogen-bond donors (Lipinski definition) is 0. The first-order chi connectivity index (χ1) is 6.12. The van der Waals surface area contributed by atoms with Crippen molar-refractivity contribution < 1.29 is 0 Å². The van der Waals surface area contributed by atoms with Crippen molar-refractivity contribution in [1.29, 1.82) is 0 Å². The maximum Gasteiger partial charge on any atom is 0.00703 e. The zero-order valence-electron chi connectivity index (χ0n) is 8.96. The summed E-state index contributed by atoms with van der Waals surface area (Å²) in [6, 6.07) is 0. The summed E-state index contributed by atoms with van der Waals surface area (Å²) in [7, 11) is 0. The smallest absolute Gasteiger partial charge is 0.00703 e. The van der Waals surface area contributed by atoms with E-state index in [1.807, 2.05) is 0 Å². The van der Waals surface area contributed by atoms with Gasteiger partial charge in [-0.05, 0) is 18.8 Å². The first-order valence-electron chi connectivity index (χ1n) is 5.14. The van der Waals surface area contributed by atoms with Crippen LogP contribution in [0.25, 0.3) is 0 Å². The van der Waals surface area contributed by atoms with Crippen molar-refractivity contribution in [1.82, 2.24) is 0 Å². The molecule has 0 amide bonds. The summed E-state index contributed by atoms with van der Waals surface area (Å²) in [5.41, 5.74) is 0.267. The minimum absolute atomic E-state index is 0.267. The minimum Gasteiger partial charge on any atom is -0.0874 e. The molecule has 0 radical (unpaired) electrons. The van der Waals surface area contributed by atoms with Crippen LogP contribution in [-0.4, -0.2) is 0 Å². The molecule has 0 heterocycles. The molecule has 1 unspecified atom stereocenters. The van der Waals surface area contributed by atoms with Gasteiger partial charge in [0, 0.05) is 5.41 Å². The fraction of sp³-hybridized carbons (Fsp3) is 0.538. The van der Waals surface area contributed by atoms with Crippen molar-refractivity contribution in [2.75, 3.05) is 0 Å². The van der Waals surface area contributed by atoms with Crippen LogP contribution in [0.2, 0.25) is 0 Å². The van der Waals surface area contributed by atoms with Crippen LogP contribution < -0.4 is 0 Å². The van der Waals surface area contributed by atoms with E-state index in [-0.39, 0.29) is 5.41 Å². The van der Waals surface area contributed by atoms with E-state index in [1.165, 1.54) is 6.42 Å². The largest absolute Gasteiger partial charge is 0.0874 e. The van der Waals surface area contributed by atoms with Crippen LogP contribution in [0.5, 0.6) is 0 Å². The molecule has 0 aliphatic heterocycles. The van der Waals surface area contributed by atoms with Gasteiger partial charge in [0.1, 0.15) is 0 Å². The highest BCUT2D eigenvalue weighted by molar-refractivity contribution is 5.21. The van der Waals surface area contributed by atoms with Crippen LogP contribution in [-0.2, 0) is 0 Å². The van der Waals surface area contributed by atoms with E-state index < -0.39 is 0 Å². The van der Waals surface area contributed by atoms with Crippen LogP contribution >= 0.6 is 0 Å². The molecule has 0 spiro atoms. The summed E-state index contributed by atoms with van der Waals surface area (Å²) >= 11 is 0. The van der Waals surface area contributed by atoms with Gasteiger partial charge in [0.15, 0.2) is 0 Å². The SMILES string of the molecule is CC(C)CC=CC1(C)C=CC=CC1. The van der Waals surface area contributed by atoms with Crippen LogP contribution in [0, 0.1) is 11.3 Å². The molecule has 0 heteroatoms. The van der Waals surface area contributed by atoms with Crippen LogP contribution in [0.15, 0.2) is 36.5 Å². The molecule has 1 atom stereocenters. The van der Waals surface area contributed by atoms with Crippen molar-refractivity contribution in [2.24, 2.45) is 11.3 Å². The Balaban J connectivity index is 2.47. The molecule has 1 aliphatic carbocycles. The zero-order valence-corrected chi connectivity index (χ0v) is 8.96. The summed E-state index contributed by atoms with van der Waals surface area (Å²) in [4.78, 5) is 0. The molecule has 0 fully saturated rings. The van der Waals surface area contributed by atoms with Gasteiger partial charge in [0.25, 0.3) is 0 Å². The Morgan fingerprint density at radius 3 is 2.69 bits per heavy atom. The molecular formula is C13H20. The van der Waals surface area contributed by atoms with Crippen LogP contribution in [0.4, 0.5) is 0 Å². The topological polar surface area (TPSA) is 0 Å². The third kappa shape index (κ3) is 3.63. The average Bonchev–Trinajstić information content (AvgIpc) is 2.04. The van der Waals surface area contributed by atoms with E-state index >= 15 is 0 Å². The quantitative estimate of drug-likeness (QED) is 0.568. The lowest BCUT2D eigenvalue weighted by molar-refractivity contribution is 0.550. The zero-order chi connectivity index (χ0) is 9.73. The second kappa shape index (κ2) is 4.45. The molecule has 0 saturated heterocycles. The lowest BCUT2D eigenvalue weighted by Crippen LogP contribution is -2.09. The van der Waals surface area contributed by atoms with Crippen molar-refractivity contribution in [3.8, 4) is 0 Å². The second-order valence-corrected chi connectivity index (χ2v) is 4.53. The van der Waals surface area contributed by atoms with Gasteiger partial charge < -0.3 is 0 Å². The molecule has 0 saturated carbocycles. The Bertz CT molecular complexity index is 230. The molecule has 0 nitrogen and oxygen atoms in total. The molecule has 72 valence electrons. The van der Waals surface area contributed by atoms with Crippen LogP contribution in [0.3, 0.4) is 0 Å². The minimum atomic E-state index is 0.267. The molecule has 0 aromatic rings. The first kappa shape index (κ1) is 10.3. The van der Waals surface area contributed by atoms with E-state index in [9.17, 15) is 0 Å². The van der Waals surface area contributed by atoms with Gasteiger partial charge in [0.05, 0.1) is 0 Å². The van der Waals surface area contributed by atoms with Crippen molar-refractivity contribution in [3.05, 3.63) is 36.5 Å². The molecule has 0 N–H and O–H groups in total. The molecule has 1 aliphatic rings. The highest BCUT2D eigenvalue weighted by Gasteiger charge is 2.16. The van der Waals surface area contributed by atoms with Gasteiger partial charge in [0.2, 0.25) is 0 Å². The third-order valence-corrected chi connectivity index (χ3v) is 2.39. The average molecular weight is 176 g/mol. The number of allylic oxidation sites excluding steroid dienone is 6. The standard InChI is InChI=1S/C13H20/c1-12(2)8-7-11-13(3)9-5-4-6-10-13/h4-7,9,11-12H,8,10H2,1-3H3. The first-order valence-corrected chi connectivity index (χ1v) is 5.14. The maximum absolute atomic E-state index is 2.34. The molecule has 13 heavy (non-hydrogen) atoms. The predicted octanol–water partition coefficient (Wildman–Crippen LogP) is 4.11. The monoisotopic (exact) mass is 176 g/mol. The summed E-state index contributed by atoms with van der Waals surface area (Å²) < 4.78 is 0. The van der Waals surface area contributed by atoms with E-state index in [0.29, 0.717) is 0 Å². The predicted molar refractivity (Wildman–Crippen MR) is 59.6 cm³/mol. The van der Waals surface area contributed by atoms with E-state index in [4.69, 9.17) is 0 Å². The van der Waals surface area contributed by atoms with Gasteiger partial charge in [-0.2, -0.15) is 0 Å². The molecule has 1 rings (SSSR count). The number of hydrogen-bond acceptors (Lipinski definition) is 0. The van der Waals surface area contributed by atoms with Gasteiger partial charge in [-0.15, -0.1) is 0 Å². The van der Waals surface area contributed by atoms with E-state index in [0.717, 1.165) is 12.3 Å². The summed E-state index contributed by atoms with van der Waals surface area (Å²) in [5.74, 6) is 0.767. The Kier molecular flexibility index (Phi) is 3.53. The molecular weight excluding hydrogens is 156 g/mol. The molecule has 0 bridgehead atoms. The Morgan fingerprint density at radius 2 is 2.15 bits per heavy atom. The molecule has 0 aromatic carbocycles. The van der Waals surface area contributed by atoms with Gasteiger partial charge >= 0.3 is 0 Å². The Labute approximate surface area is 82.0 Å². The van der Waals surface area contributed by atoms with E-state index in [1.54, 1.807) is 0 Å². The summed E-state index contributed by atoms with van der Waals surface area (Å²) in [5, 5.41) is 0. The van der Waals surface area contributed by atoms with Gasteiger partial charge in [-0.1, -0.05) is 57.2 Å². The van der Waals surface area contributed by atoms with Crippen molar-refractivity contribution in [3.63, 3.8) is 0 Å². The van der Waals surface area contributed by atoms with Gasteiger partial charge in [-0.3, -0.25) is 0 Å². The fourth-order valence-corrected chi connectivity index (χ4v) is 1.48. The lowest BCUT2D eigenvalue weighted by Gasteiger charge is -2.22. The molecule has 0 aromatic heterocycles. The highest BCUT2D eigenvalue weighted by atomic mass is 14.2. The third-order valence-electron chi connectivity index (χ3n) is 2.39. The van der Waals surface area contributed by atoms with Crippen LogP contribution in [0.1, 0.15) is 33.6 Å². The van der Waals surface area contributed by atoms with E-state index in [2.05, 4.69) is 57.2 Å². The highest BCUT2D eigenvalue weighted by Crippen LogP contribution is 2.28. The number of rotatable bonds is 3. The normalized spacial score (nSPS) is 27.7. The lowest BCUT2D eigenvalue weighted by atomic mass is 9.83. The Morgan fingerprint density at radius 1 is 1.38 bits per heavy atom. The fourth-order valence-electron chi connectivity index (χ4n) is 1.48. The second-order valence-electron chi connectivity index (χ2n) is 4.53. The Hall–Kier alpha value is -0.780. The summed E-state index contributed by atoms with van der Waals surface area (Å²) in [6.07, 6.45) is 15.8.